The van der Waals surface area contributed by atoms with Crippen LogP contribution in [0, 0.1) is 6.92 Å². The minimum atomic E-state index is 0.409. The van der Waals surface area contributed by atoms with Crippen LogP contribution in [0.3, 0.4) is 0 Å². The third-order valence-corrected chi connectivity index (χ3v) is 3.33. The maximum Gasteiger partial charge on any atom is 0.126 e. The Morgan fingerprint density at radius 1 is 1.35 bits per heavy atom. The highest BCUT2D eigenvalue weighted by Crippen LogP contribution is 2.21. The fourth-order valence-corrected chi connectivity index (χ4v) is 2.20. The van der Waals surface area contributed by atoms with E-state index in [0.717, 1.165) is 33.3 Å². The molecule has 2 rings (SSSR count). The first-order valence-corrected chi connectivity index (χ1v) is 6.49. The molecule has 0 saturated carbocycles. The van der Waals surface area contributed by atoms with Crippen molar-refractivity contribution >= 4 is 26.8 Å². The molecule has 2 aromatic rings. The number of nitrogens with zero attached hydrogens (tertiary/aromatic N) is 2. The van der Waals surface area contributed by atoms with E-state index in [1.165, 1.54) is 0 Å². The third-order valence-electron chi connectivity index (χ3n) is 2.84. The highest BCUT2D eigenvalue weighted by atomic mass is 79.9. The number of likely N-dealkylation sites (N-methyl/N-ethyl adjacent to an activating group) is 1. The summed E-state index contributed by atoms with van der Waals surface area (Å²) in [6.07, 6.45) is 0.910. The second-order valence-corrected chi connectivity index (χ2v) is 5.19. The topological polar surface area (TPSA) is 37.8 Å². The maximum atomic E-state index is 4.56. The van der Waals surface area contributed by atoms with Gasteiger partial charge in [0.15, 0.2) is 0 Å². The first kappa shape index (κ1) is 12.5. The van der Waals surface area contributed by atoms with Crippen molar-refractivity contribution in [2.45, 2.75) is 26.3 Å². The van der Waals surface area contributed by atoms with Crippen LogP contribution in [0.25, 0.3) is 10.9 Å². The smallest absolute Gasteiger partial charge is 0.126 e. The summed E-state index contributed by atoms with van der Waals surface area (Å²) in [5.41, 5.74) is 2.12. The van der Waals surface area contributed by atoms with Gasteiger partial charge in [0.25, 0.3) is 0 Å². The number of hydrogen-bond donors (Lipinski definition) is 1. The fourth-order valence-electron chi connectivity index (χ4n) is 1.84. The van der Waals surface area contributed by atoms with Crippen molar-refractivity contribution in [3.8, 4) is 0 Å². The van der Waals surface area contributed by atoms with Crippen molar-refractivity contribution in [1.29, 1.82) is 0 Å². The lowest BCUT2D eigenvalue weighted by molar-refractivity contribution is 0.601. The Labute approximate surface area is 110 Å². The molecular weight excluding hydrogens is 278 g/mol. The predicted molar refractivity (Wildman–Crippen MR) is 74.2 cm³/mol. The number of nitrogens with one attached hydrogen (secondary N) is 1. The second kappa shape index (κ2) is 5.10. The quantitative estimate of drug-likeness (QED) is 0.946. The van der Waals surface area contributed by atoms with E-state index in [1.54, 1.807) is 0 Å². The van der Waals surface area contributed by atoms with Gasteiger partial charge in [-0.15, -0.1) is 0 Å². The zero-order chi connectivity index (χ0) is 12.4. The summed E-state index contributed by atoms with van der Waals surface area (Å²) in [6, 6.07) is 6.54. The molecule has 1 atom stereocenters. The molecular formula is C13H16BrN3. The Morgan fingerprint density at radius 2 is 2.12 bits per heavy atom. The standard InChI is InChI=1S/C13H16BrN3/c1-8(15-3)6-13-11-7-10(14)4-5-12(11)16-9(2)17-13/h4-5,7-8,15H,6H2,1-3H3. The highest BCUT2D eigenvalue weighted by molar-refractivity contribution is 9.10. The Kier molecular flexibility index (Phi) is 3.74. The Bertz CT molecular complexity index is 539. The highest BCUT2D eigenvalue weighted by Gasteiger charge is 2.09. The summed E-state index contributed by atoms with van der Waals surface area (Å²) >= 11 is 3.50. The molecule has 0 bridgehead atoms. The molecule has 1 aromatic carbocycles. The van der Waals surface area contributed by atoms with Gasteiger partial charge in [-0.25, -0.2) is 9.97 Å². The first-order chi connectivity index (χ1) is 8.10. The molecule has 1 unspecified atom stereocenters. The number of rotatable bonds is 3. The summed E-state index contributed by atoms with van der Waals surface area (Å²) in [6.45, 7) is 4.09. The van der Waals surface area contributed by atoms with Gasteiger partial charge >= 0.3 is 0 Å². The van der Waals surface area contributed by atoms with Gasteiger partial charge in [-0.05, 0) is 39.1 Å². The molecule has 0 aliphatic heterocycles. The molecule has 1 heterocycles. The summed E-state index contributed by atoms with van der Waals surface area (Å²) < 4.78 is 1.07. The molecule has 0 aliphatic carbocycles. The molecule has 1 aromatic heterocycles. The molecule has 17 heavy (non-hydrogen) atoms. The monoisotopic (exact) mass is 293 g/mol. The molecule has 0 fully saturated rings. The van der Waals surface area contributed by atoms with Gasteiger partial charge in [0, 0.05) is 22.3 Å². The van der Waals surface area contributed by atoms with Crippen LogP contribution in [0.15, 0.2) is 22.7 Å². The van der Waals surface area contributed by atoms with Crippen molar-refractivity contribution < 1.29 is 0 Å². The summed E-state index contributed by atoms with van der Waals surface area (Å²) in [5.74, 6) is 0.832. The van der Waals surface area contributed by atoms with Crippen LogP contribution in [0.2, 0.25) is 0 Å². The predicted octanol–water partition coefficient (Wildman–Crippen LogP) is 2.85. The Morgan fingerprint density at radius 3 is 2.82 bits per heavy atom. The fraction of sp³-hybridized carbons (Fsp3) is 0.385. The van der Waals surface area contributed by atoms with E-state index < -0.39 is 0 Å². The lowest BCUT2D eigenvalue weighted by Crippen LogP contribution is -2.24. The van der Waals surface area contributed by atoms with Gasteiger partial charge in [-0.2, -0.15) is 0 Å². The lowest BCUT2D eigenvalue weighted by Gasteiger charge is -2.12. The molecule has 0 radical (unpaired) electrons. The van der Waals surface area contributed by atoms with E-state index in [4.69, 9.17) is 0 Å². The average molecular weight is 294 g/mol. The zero-order valence-electron chi connectivity index (χ0n) is 10.3. The third kappa shape index (κ3) is 2.82. The minimum Gasteiger partial charge on any atom is -0.317 e. The van der Waals surface area contributed by atoms with Gasteiger partial charge in [0.05, 0.1) is 11.2 Å². The Balaban J connectivity index is 2.55. The molecule has 90 valence electrons. The van der Waals surface area contributed by atoms with Crippen LogP contribution in [0.4, 0.5) is 0 Å². The molecule has 0 aliphatic rings. The lowest BCUT2D eigenvalue weighted by atomic mass is 10.1. The molecule has 4 heteroatoms. The van der Waals surface area contributed by atoms with Crippen LogP contribution in [-0.4, -0.2) is 23.1 Å². The van der Waals surface area contributed by atoms with Gasteiger partial charge in [0.2, 0.25) is 0 Å². The number of hydrogen-bond acceptors (Lipinski definition) is 3. The molecule has 1 N–H and O–H groups in total. The number of aromatic nitrogens is 2. The average Bonchev–Trinajstić information content (AvgIpc) is 2.29. The zero-order valence-corrected chi connectivity index (χ0v) is 11.9. The van der Waals surface area contributed by atoms with Gasteiger partial charge in [0.1, 0.15) is 5.82 Å². The van der Waals surface area contributed by atoms with E-state index in [0.29, 0.717) is 6.04 Å². The van der Waals surface area contributed by atoms with E-state index in [-0.39, 0.29) is 0 Å². The van der Waals surface area contributed by atoms with E-state index in [2.05, 4.69) is 44.2 Å². The number of benzene rings is 1. The van der Waals surface area contributed by atoms with Crippen molar-refractivity contribution in [2.24, 2.45) is 0 Å². The SMILES string of the molecule is CNC(C)Cc1nc(C)nc2ccc(Br)cc12. The molecule has 0 spiro atoms. The largest absolute Gasteiger partial charge is 0.317 e. The number of aryl methyl sites for hydroxylation is 1. The van der Waals surface area contributed by atoms with E-state index >= 15 is 0 Å². The van der Waals surface area contributed by atoms with Crippen LogP contribution >= 0.6 is 15.9 Å². The molecule has 0 saturated heterocycles. The van der Waals surface area contributed by atoms with Crippen LogP contribution in [0.5, 0.6) is 0 Å². The molecule has 3 nitrogen and oxygen atoms in total. The Hall–Kier alpha value is -1.000. The molecule has 0 amide bonds. The van der Waals surface area contributed by atoms with Crippen molar-refractivity contribution in [1.82, 2.24) is 15.3 Å². The van der Waals surface area contributed by atoms with Crippen molar-refractivity contribution in [2.75, 3.05) is 7.05 Å². The number of fused-ring (bicyclic) bond motifs is 1. The number of halogens is 1. The van der Waals surface area contributed by atoms with Crippen LogP contribution < -0.4 is 5.32 Å². The normalized spacial score (nSPS) is 12.9. The van der Waals surface area contributed by atoms with Gasteiger partial charge in [-0.3, -0.25) is 0 Å². The van der Waals surface area contributed by atoms with E-state index in [9.17, 15) is 0 Å². The first-order valence-electron chi connectivity index (χ1n) is 5.70. The van der Waals surface area contributed by atoms with Crippen LogP contribution in [-0.2, 0) is 6.42 Å². The van der Waals surface area contributed by atoms with Gasteiger partial charge < -0.3 is 5.32 Å². The summed E-state index contributed by atoms with van der Waals surface area (Å²) in [7, 11) is 1.97. The maximum absolute atomic E-state index is 4.56. The summed E-state index contributed by atoms with van der Waals surface area (Å²) in [5, 5.41) is 4.37. The minimum absolute atomic E-state index is 0.409. The van der Waals surface area contributed by atoms with Crippen molar-refractivity contribution in [3.05, 3.63) is 34.2 Å². The van der Waals surface area contributed by atoms with Crippen LogP contribution in [0.1, 0.15) is 18.4 Å². The second-order valence-electron chi connectivity index (χ2n) is 4.27. The van der Waals surface area contributed by atoms with Crippen molar-refractivity contribution in [3.63, 3.8) is 0 Å². The van der Waals surface area contributed by atoms with E-state index in [1.807, 2.05) is 26.1 Å². The van der Waals surface area contributed by atoms with Gasteiger partial charge in [-0.1, -0.05) is 15.9 Å². The summed E-state index contributed by atoms with van der Waals surface area (Å²) in [4.78, 5) is 9.02.